The van der Waals surface area contributed by atoms with Gasteiger partial charge in [-0.1, -0.05) is 13.8 Å². The highest BCUT2D eigenvalue weighted by Crippen LogP contribution is 2.10. The maximum atomic E-state index is 5.33. The van der Waals surface area contributed by atoms with Gasteiger partial charge in [0.15, 0.2) is 0 Å². The first kappa shape index (κ1) is 12.9. The molecule has 1 aromatic rings. The fraction of sp³-hybridized carbons (Fsp3) is 0.667. The van der Waals surface area contributed by atoms with Crippen LogP contribution in [0, 0.1) is 5.92 Å². The van der Waals surface area contributed by atoms with Crippen LogP contribution in [0.1, 0.15) is 26.5 Å². The summed E-state index contributed by atoms with van der Waals surface area (Å²) in [5.41, 5.74) is 0.971. The average Bonchev–Trinajstić information content (AvgIpc) is 2.26. The Labute approximate surface area is 97.5 Å². The maximum absolute atomic E-state index is 5.33. The first-order valence-electron chi connectivity index (χ1n) is 5.78. The van der Waals surface area contributed by atoms with Gasteiger partial charge in [0, 0.05) is 18.7 Å². The van der Waals surface area contributed by atoms with Gasteiger partial charge in [0.1, 0.15) is 0 Å². The zero-order valence-corrected chi connectivity index (χ0v) is 10.5. The molecule has 0 saturated heterocycles. The van der Waals surface area contributed by atoms with Crippen molar-refractivity contribution in [2.24, 2.45) is 5.92 Å². The molecule has 0 bridgehead atoms. The molecule has 0 amide bonds. The molecule has 0 saturated carbocycles. The highest BCUT2D eigenvalue weighted by Gasteiger charge is 2.12. The van der Waals surface area contributed by atoms with E-state index in [0.29, 0.717) is 24.4 Å². The van der Waals surface area contributed by atoms with Crippen LogP contribution in [0.25, 0.3) is 0 Å². The van der Waals surface area contributed by atoms with Crippen LogP contribution in [0.2, 0.25) is 0 Å². The molecule has 0 aliphatic carbocycles. The zero-order chi connectivity index (χ0) is 12.0. The number of nitrogens with one attached hydrogen (secondary N) is 1. The van der Waals surface area contributed by atoms with Gasteiger partial charge in [0.05, 0.1) is 18.5 Å². The quantitative estimate of drug-likeness (QED) is 0.796. The van der Waals surface area contributed by atoms with E-state index < -0.39 is 0 Å². The van der Waals surface area contributed by atoms with Crippen molar-refractivity contribution in [2.45, 2.75) is 33.2 Å². The van der Waals surface area contributed by atoms with E-state index in [1.165, 1.54) is 0 Å². The highest BCUT2D eigenvalue weighted by molar-refractivity contribution is 5.09. The number of rotatable bonds is 6. The van der Waals surface area contributed by atoms with Crippen molar-refractivity contribution < 1.29 is 4.74 Å². The number of nitrogens with zero attached hydrogens (tertiary/aromatic N) is 2. The highest BCUT2D eigenvalue weighted by atomic mass is 16.5. The van der Waals surface area contributed by atoms with E-state index in [9.17, 15) is 0 Å². The van der Waals surface area contributed by atoms with Crippen LogP contribution in [0.15, 0.2) is 12.4 Å². The first-order valence-corrected chi connectivity index (χ1v) is 5.78. The molecule has 4 heteroatoms. The van der Waals surface area contributed by atoms with Gasteiger partial charge < -0.3 is 10.1 Å². The van der Waals surface area contributed by atoms with Crippen molar-refractivity contribution >= 4 is 0 Å². The molecular formula is C12H21N3O. The van der Waals surface area contributed by atoms with Crippen LogP contribution in [-0.2, 0) is 6.42 Å². The van der Waals surface area contributed by atoms with Gasteiger partial charge in [-0.3, -0.25) is 4.98 Å². The van der Waals surface area contributed by atoms with Gasteiger partial charge >= 0.3 is 0 Å². The average molecular weight is 223 g/mol. The molecule has 1 unspecified atom stereocenters. The van der Waals surface area contributed by atoms with Crippen LogP contribution in [0.3, 0.4) is 0 Å². The lowest BCUT2D eigenvalue weighted by Crippen LogP contribution is -2.33. The molecule has 0 spiro atoms. The summed E-state index contributed by atoms with van der Waals surface area (Å²) in [6, 6.07) is 0.422. The summed E-state index contributed by atoms with van der Waals surface area (Å²) < 4.78 is 5.33. The summed E-state index contributed by atoms with van der Waals surface area (Å²) in [6.07, 6.45) is 4.33. The Bertz CT molecular complexity index is 315. The van der Waals surface area contributed by atoms with Gasteiger partial charge in [0.25, 0.3) is 0 Å². The summed E-state index contributed by atoms with van der Waals surface area (Å²) in [5, 5.41) is 3.29. The minimum absolute atomic E-state index is 0.422. The van der Waals surface area contributed by atoms with E-state index in [2.05, 4.69) is 29.1 Å². The van der Waals surface area contributed by atoms with Crippen molar-refractivity contribution in [1.29, 1.82) is 0 Å². The van der Waals surface area contributed by atoms with Crippen LogP contribution >= 0.6 is 0 Å². The first-order chi connectivity index (χ1) is 7.67. The molecule has 0 aliphatic rings. The molecular weight excluding hydrogens is 202 g/mol. The topological polar surface area (TPSA) is 47.0 Å². The van der Waals surface area contributed by atoms with E-state index in [4.69, 9.17) is 4.74 Å². The SMILES string of the molecule is CCOc1cncc(CC(NC)C(C)C)n1. The monoisotopic (exact) mass is 223 g/mol. The number of ether oxygens (including phenoxy) is 1. The summed E-state index contributed by atoms with van der Waals surface area (Å²) in [5.74, 6) is 1.18. The fourth-order valence-electron chi connectivity index (χ4n) is 1.60. The van der Waals surface area contributed by atoms with Crippen molar-refractivity contribution in [3.63, 3.8) is 0 Å². The summed E-state index contributed by atoms with van der Waals surface area (Å²) in [4.78, 5) is 8.54. The molecule has 1 N–H and O–H groups in total. The second-order valence-corrected chi connectivity index (χ2v) is 4.12. The van der Waals surface area contributed by atoms with Gasteiger partial charge in [-0.25, -0.2) is 4.98 Å². The van der Waals surface area contributed by atoms with E-state index in [1.54, 1.807) is 12.4 Å². The third kappa shape index (κ3) is 3.77. The molecule has 1 atom stereocenters. The van der Waals surface area contributed by atoms with Crippen molar-refractivity contribution in [2.75, 3.05) is 13.7 Å². The molecule has 16 heavy (non-hydrogen) atoms. The largest absolute Gasteiger partial charge is 0.477 e. The van der Waals surface area contributed by atoms with Crippen LogP contribution in [0.5, 0.6) is 5.88 Å². The van der Waals surface area contributed by atoms with E-state index in [-0.39, 0.29) is 0 Å². The van der Waals surface area contributed by atoms with Crippen LogP contribution in [0.4, 0.5) is 0 Å². The van der Waals surface area contributed by atoms with Crippen molar-refractivity contribution in [3.8, 4) is 5.88 Å². The van der Waals surface area contributed by atoms with Gasteiger partial charge in [-0.05, 0) is 19.9 Å². The second-order valence-electron chi connectivity index (χ2n) is 4.12. The van der Waals surface area contributed by atoms with E-state index >= 15 is 0 Å². The minimum atomic E-state index is 0.422. The fourth-order valence-corrected chi connectivity index (χ4v) is 1.60. The Balaban J connectivity index is 2.68. The number of hydrogen-bond donors (Lipinski definition) is 1. The summed E-state index contributed by atoms with van der Waals surface area (Å²) >= 11 is 0. The Kier molecular flexibility index (Phi) is 5.19. The molecule has 0 aliphatic heterocycles. The lowest BCUT2D eigenvalue weighted by atomic mass is 10.00. The third-order valence-corrected chi connectivity index (χ3v) is 2.56. The van der Waals surface area contributed by atoms with Gasteiger partial charge in [0.2, 0.25) is 5.88 Å². The van der Waals surface area contributed by atoms with Crippen molar-refractivity contribution in [3.05, 3.63) is 18.1 Å². The Morgan fingerprint density at radius 2 is 2.12 bits per heavy atom. The number of hydrogen-bond acceptors (Lipinski definition) is 4. The minimum Gasteiger partial charge on any atom is -0.477 e. The van der Waals surface area contributed by atoms with E-state index in [0.717, 1.165) is 12.1 Å². The number of aromatic nitrogens is 2. The molecule has 0 fully saturated rings. The predicted octanol–water partition coefficient (Wildman–Crippen LogP) is 1.66. The molecule has 90 valence electrons. The van der Waals surface area contributed by atoms with Crippen LogP contribution in [-0.4, -0.2) is 29.7 Å². The lowest BCUT2D eigenvalue weighted by molar-refractivity contribution is 0.322. The third-order valence-electron chi connectivity index (χ3n) is 2.56. The Morgan fingerprint density at radius 1 is 1.38 bits per heavy atom. The summed E-state index contributed by atoms with van der Waals surface area (Å²) in [6.45, 7) is 6.96. The number of likely N-dealkylation sites (N-methyl/N-ethyl adjacent to an activating group) is 1. The molecule has 0 radical (unpaired) electrons. The standard InChI is InChI=1S/C12H21N3O/c1-5-16-12-8-14-7-10(15-12)6-11(13-4)9(2)3/h7-9,11,13H,5-6H2,1-4H3. The molecule has 1 aromatic heterocycles. The van der Waals surface area contributed by atoms with Crippen molar-refractivity contribution in [1.82, 2.24) is 15.3 Å². The van der Waals surface area contributed by atoms with Crippen LogP contribution < -0.4 is 10.1 Å². The van der Waals surface area contributed by atoms with Gasteiger partial charge in [-0.2, -0.15) is 0 Å². The molecule has 1 heterocycles. The molecule has 4 nitrogen and oxygen atoms in total. The Hall–Kier alpha value is -1.16. The Morgan fingerprint density at radius 3 is 2.69 bits per heavy atom. The molecule has 1 rings (SSSR count). The lowest BCUT2D eigenvalue weighted by Gasteiger charge is -2.19. The normalized spacial score (nSPS) is 12.8. The second kappa shape index (κ2) is 6.43. The smallest absolute Gasteiger partial charge is 0.232 e. The molecule has 0 aromatic carbocycles. The van der Waals surface area contributed by atoms with E-state index in [1.807, 2.05) is 14.0 Å². The maximum Gasteiger partial charge on any atom is 0.232 e. The summed E-state index contributed by atoms with van der Waals surface area (Å²) in [7, 11) is 1.98. The van der Waals surface area contributed by atoms with Gasteiger partial charge in [-0.15, -0.1) is 0 Å². The zero-order valence-electron chi connectivity index (χ0n) is 10.5. The predicted molar refractivity (Wildman–Crippen MR) is 64.6 cm³/mol.